The van der Waals surface area contributed by atoms with E-state index in [0.29, 0.717) is 0 Å². The highest BCUT2D eigenvalue weighted by molar-refractivity contribution is 5.91. The average molecular weight is 247 g/mol. The minimum absolute atomic E-state index is 0.118. The molecule has 0 atom stereocenters. The molecule has 1 aromatic carbocycles. The molecule has 0 saturated carbocycles. The number of anilines is 1. The van der Waals surface area contributed by atoms with Gasteiger partial charge in [-0.15, -0.1) is 0 Å². The van der Waals surface area contributed by atoms with Gasteiger partial charge in [-0.3, -0.25) is 4.79 Å². The van der Waals surface area contributed by atoms with Gasteiger partial charge in [0.25, 0.3) is 0 Å². The quantitative estimate of drug-likeness (QED) is 0.783. The second-order valence-corrected chi connectivity index (χ2v) is 5.82. The van der Waals surface area contributed by atoms with Crippen molar-refractivity contribution < 1.29 is 4.79 Å². The van der Waals surface area contributed by atoms with Gasteiger partial charge in [-0.2, -0.15) is 0 Å². The maximum absolute atomic E-state index is 11.7. The number of hydrogen-bond donors (Lipinski definition) is 0. The fourth-order valence-electron chi connectivity index (χ4n) is 1.93. The van der Waals surface area contributed by atoms with Gasteiger partial charge >= 0.3 is 0 Å². The molecule has 0 saturated heterocycles. The van der Waals surface area contributed by atoms with E-state index in [4.69, 9.17) is 0 Å². The molecule has 2 heteroatoms. The lowest BCUT2D eigenvalue weighted by Gasteiger charge is -2.23. The van der Waals surface area contributed by atoms with E-state index in [1.54, 1.807) is 6.92 Å². The van der Waals surface area contributed by atoms with Crippen molar-refractivity contribution >= 4 is 11.6 Å². The molecule has 0 radical (unpaired) electrons. The van der Waals surface area contributed by atoms with Crippen LogP contribution in [0.1, 0.15) is 53.0 Å². The zero-order valence-corrected chi connectivity index (χ0v) is 12.3. The van der Waals surface area contributed by atoms with Gasteiger partial charge in [-0.1, -0.05) is 46.2 Å². The summed E-state index contributed by atoms with van der Waals surface area (Å²) >= 11 is 0. The standard InChI is InChI=1S/C16H25NO/c1-6-7-12-17(13(2)18)15-10-8-14(9-11-15)16(3,4)5/h8-11H,6-7,12H2,1-5H3. The Morgan fingerprint density at radius 3 is 2.11 bits per heavy atom. The van der Waals surface area contributed by atoms with Crippen molar-refractivity contribution in [3.8, 4) is 0 Å². The van der Waals surface area contributed by atoms with Gasteiger partial charge in [-0.25, -0.2) is 0 Å². The Morgan fingerprint density at radius 1 is 1.17 bits per heavy atom. The molecule has 0 aromatic heterocycles. The maximum Gasteiger partial charge on any atom is 0.223 e. The van der Waals surface area contributed by atoms with Crippen molar-refractivity contribution in [2.24, 2.45) is 0 Å². The Morgan fingerprint density at radius 2 is 1.72 bits per heavy atom. The van der Waals surface area contributed by atoms with Crippen LogP contribution < -0.4 is 4.90 Å². The fraction of sp³-hybridized carbons (Fsp3) is 0.562. The van der Waals surface area contributed by atoms with E-state index in [1.165, 1.54) is 5.56 Å². The summed E-state index contributed by atoms with van der Waals surface area (Å²) in [5.41, 5.74) is 2.46. The summed E-state index contributed by atoms with van der Waals surface area (Å²) < 4.78 is 0. The van der Waals surface area contributed by atoms with Gasteiger partial charge in [0.2, 0.25) is 5.91 Å². The Hall–Kier alpha value is -1.31. The Balaban J connectivity index is 2.90. The lowest BCUT2D eigenvalue weighted by atomic mass is 9.87. The first kappa shape index (κ1) is 14.7. The largest absolute Gasteiger partial charge is 0.313 e. The van der Waals surface area contributed by atoms with Crippen LogP contribution in [0.3, 0.4) is 0 Å². The van der Waals surface area contributed by atoms with Crippen molar-refractivity contribution in [1.29, 1.82) is 0 Å². The zero-order valence-electron chi connectivity index (χ0n) is 12.3. The summed E-state index contributed by atoms with van der Waals surface area (Å²) in [4.78, 5) is 13.5. The van der Waals surface area contributed by atoms with E-state index < -0.39 is 0 Å². The van der Waals surface area contributed by atoms with Crippen LogP contribution in [0.2, 0.25) is 0 Å². The molecule has 0 aliphatic carbocycles. The third-order valence-corrected chi connectivity index (χ3v) is 3.16. The molecule has 0 spiro atoms. The number of carbonyl (C=O) groups is 1. The average Bonchev–Trinajstić information content (AvgIpc) is 2.28. The summed E-state index contributed by atoms with van der Waals surface area (Å²) in [6.07, 6.45) is 2.14. The van der Waals surface area contributed by atoms with Crippen molar-refractivity contribution in [3.05, 3.63) is 29.8 Å². The van der Waals surface area contributed by atoms with Gasteiger partial charge in [0, 0.05) is 19.2 Å². The molecule has 100 valence electrons. The molecule has 1 aromatic rings. The molecule has 2 nitrogen and oxygen atoms in total. The number of unbranched alkanes of at least 4 members (excludes halogenated alkanes) is 1. The van der Waals surface area contributed by atoms with E-state index in [2.05, 4.69) is 52.0 Å². The lowest BCUT2D eigenvalue weighted by molar-refractivity contribution is -0.116. The number of amides is 1. The molecule has 0 aliphatic rings. The maximum atomic E-state index is 11.7. The van der Waals surface area contributed by atoms with E-state index in [0.717, 1.165) is 25.1 Å². The van der Waals surface area contributed by atoms with E-state index in [1.807, 2.05) is 4.90 Å². The fourth-order valence-corrected chi connectivity index (χ4v) is 1.93. The van der Waals surface area contributed by atoms with E-state index in [9.17, 15) is 4.79 Å². The molecule has 1 amide bonds. The van der Waals surface area contributed by atoms with Crippen LogP contribution in [0, 0.1) is 0 Å². The Labute approximate surface area is 111 Å². The SMILES string of the molecule is CCCCN(C(C)=O)c1ccc(C(C)(C)C)cc1. The first-order chi connectivity index (χ1) is 8.36. The van der Waals surface area contributed by atoms with Crippen LogP contribution in [0.4, 0.5) is 5.69 Å². The number of rotatable bonds is 4. The molecule has 1 rings (SSSR count). The summed E-state index contributed by atoms with van der Waals surface area (Å²) in [6.45, 7) is 11.2. The van der Waals surface area contributed by atoms with Crippen LogP contribution in [0.25, 0.3) is 0 Å². The van der Waals surface area contributed by atoms with Crippen LogP contribution in [0.5, 0.6) is 0 Å². The van der Waals surface area contributed by atoms with Gasteiger partial charge in [0.1, 0.15) is 0 Å². The summed E-state index contributed by atoms with van der Waals surface area (Å²) in [5.74, 6) is 0.118. The second-order valence-electron chi connectivity index (χ2n) is 5.82. The highest BCUT2D eigenvalue weighted by atomic mass is 16.2. The van der Waals surface area contributed by atoms with Crippen molar-refractivity contribution in [1.82, 2.24) is 0 Å². The van der Waals surface area contributed by atoms with Crippen molar-refractivity contribution in [2.45, 2.75) is 52.9 Å². The minimum atomic E-state index is 0.118. The van der Waals surface area contributed by atoms with Crippen LogP contribution in [0.15, 0.2) is 24.3 Å². The summed E-state index contributed by atoms with van der Waals surface area (Å²) in [5, 5.41) is 0. The van der Waals surface area contributed by atoms with Crippen molar-refractivity contribution in [3.63, 3.8) is 0 Å². The Bertz CT molecular complexity index is 387. The molecule has 18 heavy (non-hydrogen) atoms. The Kier molecular flexibility index (Phi) is 4.94. The van der Waals surface area contributed by atoms with Gasteiger partial charge in [-0.05, 0) is 29.5 Å². The number of nitrogens with zero attached hydrogens (tertiary/aromatic N) is 1. The number of benzene rings is 1. The number of carbonyl (C=O) groups excluding carboxylic acids is 1. The van der Waals surface area contributed by atoms with Gasteiger partial charge in [0.15, 0.2) is 0 Å². The highest BCUT2D eigenvalue weighted by Gasteiger charge is 2.15. The monoisotopic (exact) mass is 247 g/mol. The molecular formula is C16H25NO. The van der Waals surface area contributed by atoms with Crippen LogP contribution in [-0.2, 0) is 10.2 Å². The third kappa shape index (κ3) is 3.86. The third-order valence-electron chi connectivity index (χ3n) is 3.16. The van der Waals surface area contributed by atoms with Gasteiger partial charge < -0.3 is 4.90 Å². The van der Waals surface area contributed by atoms with E-state index in [-0.39, 0.29) is 11.3 Å². The first-order valence-electron chi connectivity index (χ1n) is 6.75. The summed E-state index contributed by atoms with van der Waals surface area (Å²) in [7, 11) is 0. The first-order valence-corrected chi connectivity index (χ1v) is 6.75. The topological polar surface area (TPSA) is 20.3 Å². The smallest absolute Gasteiger partial charge is 0.223 e. The minimum Gasteiger partial charge on any atom is -0.313 e. The molecule has 0 N–H and O–H groups in total. The molecule has 0 fully saturated rings. The highest BCUT2D eigenvalue weighted by Crippen LogP contribution is 2.25. The van der Waals surface area contributed by atoms with Crippen LogP contribution >= 0.6 is 0 Å². The molecule has 0 aliphatic heterocycles. The lowest BCUT2D eigenvalue weighted by Crippen LogP contribution is -2.29. The van der Waals surface area contributed by atoms with E-state index >= 15 is 0 Å². The molecule has 0 unspecified atom stereocenters. The number of hydrogen-bond acceptors (Lipinski definition) is 1. The summed E-state index contributed by atoms with van der Waals surface area (Å²) in [6, 6.07) is 8.35. The van der Waals surface area contributed by atoms with Crippen LogP contribution in [-0.4, -0.2) is 12.5 Å². The molecule has 0 heterocycles. The zero-order chi connectivity index (χ0) is 13.8. The van der Waals surface area contributed by atoms with Crippen molar-refractivity contribution in [2.75, 3.05) is 11.4 Å². The predicted octanol–water partition coefficient (Wildman–Crippen LogP) is 4.14. The predicted molar refractivity (Wildman–Crippen MR) is 78.1 cm³/mol. The molecule has 0 bridgehead atoms. The van der Waals surface area contributed by atoms with Gasteiger partial charge in [0.05, 0.1) is 0 Å². The normalized spacial score (nSPS) is 11.4. The second kappa shape index (κ2) is 6.03. The molecular weight excluding hydrogens is 222 g/mol.